The molecule has 0 unspecified atom stereocenters. The van der Waals surface area contributed by atoms with E-state index < -0.39 is 0 Å². The van der Waals surface area contributed by atoms with Gasteiger partial charge in [-0.3, -0.25) is 4.79 Å². The third-order valence-corrected chi connectivity index (χ3v) is 4.81. The van der Waals surface area contributed by atoms with E-state index in [0.717, 1.165) is 18.8 Å². The molecule has 0 N–H and O–H groups in total. The summed E-state index contributed by atoms with van der Waals surface area (Å²) >= 11 is 0. The van der Waals surface area contributed by atoms with Gasteiger partial charge in [0, 0.05) is 17.8 Å². The van der Waals surface area contributed by atoms with Crippen molar-refractivity contribution in [3.05, 3.63) is 0 Å². The first-order valence-corrected chi connectivity index (χ1v) is 9.43. The van der Waals surface area contributed by atoms with Crippen LogP contribution in [0.4, 0.5) is 0 Å². The predicted octanol–water partition coefficient (Wildman–Crippen LogP) is 6.22. The molecule has 0 saturated heterocycles. The van der Waals surface area contributed by atoms with E-state index in [1.807, 2.05) is 20.8 Å². The van der Waals surface area contributed by atoms with Crippen LogP contribution in [0.2, 0.25) is 0 Å². The fourth-order valence-corrected chi connectivity index (χ4v) is 3.51. The Morgan fingerprint density at radius 3 is 1.70 bits per heavy atom. The number of carbonyl (C=O) groups is 2. The molecule has 0 aromatic heterocycles. The lowest BCUT2D eigenvalue weighted by molar-refractivity contribution is -0.134. The van der Waals surface area contributed by atoms with Crippen LogP contribution in [0.5, 0.6) is 0 Å². The quantitative estimate of drug-likeness (QED) is 0.615. The zero-order valence-corrected chi connectivity index (χ0v) is 16.9. The molecule has 0 heterocycles. The van der Waals surface area contributed by atoms with Gasteiger partial charge >= 0.3 is 0 Å². The van der Waals surface area contributed by atoms with Crippen molar-refractivity contribution in [3.8, 4) is 0 Å². The normalized spacial score (nSPS) is 17.9. The second-order valence-corrected chi connectivity index (χ2v) is 9.35. The van der Waals surface area contributed by atoms with E-state index in [0.29, 0.717) is 11.6 Å². The standard InChI is InChI=1S/C12H24O.C9H16O/c1-8-9(11(2,3)4)10(13)12(5,6)7;1-8(10)7-9-5-3-2-4-6-9/h9H,8H2,1-7H3;9H,2-7H2,1H3/t9-;/m1./s1. The molecule has 136 valence electrons. The molecule has 1 atom stereocenters. The highest BCUT2D eigenvalue weighted by Crippen LogP contribution is 2.34. The SMILES string of the molecule is CC(=O)CC1CCCCC1.CC[C@H](C(=O)C(C)(C)C)C(C)(C)C. The lowest BCUT2D eigenvalue weighted by Gasteiger charge is -2.33. The molecular formula is C21H40O2. The number of ketones is 2. The lowest BCUT2D eigenvalue weighted by Crippen LogP contribution is -2.35. The van der Waals surface area contributed by atoms with Crippen molar-refractivity contribution in [3.63, 3.8) is 0 Å². The fourth-order valence-electron chi connectivity index (χ4n) is 3.51. The number of hydrogen-bond donors (Lipinski definition) is 0. The van der Waals surface area contributed by atoms with E-state index in [2.05, 4.69) is 27.7 Å². The van der Waals surface area contributed by atoms with E-state index in [-0.39, 0.29) is 16.7 Å². The Labute approximate surface area is 144 Å². The molecule has 0 radical (unpaired) electrons. The Bertz CT molecular complexity index is 362. The summed E-state index contributed by atoms with van der Waals surface area (Å²) in [6.45, 7) is 16.2. The summed E-state index contributed by atoms with van der Waals surface area (Å²) in [7, 11) is 0. The highest BCUT2D eigenvalue weighted by Gasteiger charge is 2.35. The van der Waals surface area contributed by atoms with Crippen LogP contribution in [0.15, 0.2) is 0 Å². The van der Waals surface area contributed by atoms with E-state index in [1.54, 1.807) is 6.92 Å². The lowest BCUT2D eigenvalue weighted by atomic mass is 9.70. The maximum Gasteiger partial charge on any atom is 0.141 e. The van der Waals surface area contributed by atoms with Crippen molar-refractivity contribution in [2.24, 2.45) is 22.7 Å². The molecule has 23 heavy (non-hydrogen) atoms. The average molecular weight is 325 g/mol. The number of hydrogen-bond acceptors (Lipinski definition) is 2. The summed E-state index contributed by atoms with van der Waals surface area (Å²) in [5, 5.41) is 0. The number of Topliss-reactive ketones (excluding diaryl/α,β-unsaturated/α-hetero) is 2. The van der Waals surface area contributed by atoms with Crippen molar-refractivity contribution in [1.29, 1.82) is 0 Å². The van der Waals surface area contributed by atoms with Crippen LogP contribution in [0.25, 0.3) is 0 Å². The van der Waals surface area contributed by atoms with Crippen LogP contribution in [0.3, 0.4) is 0 Å². The van der Waals surface area contributed by atoms with Crippen molar-refractivity contribution in [1.82, 2.24) is 0 Å². The van der Waals surface area contributed by atoms with Crippen LogP contribution in [-0.4, -0.2) is 11.6 Å². The Morgan fingerprint density at radius 2 is 1.43 bits per heavy atom. The van der Waals surface area contributed by atoms with Crippen LogP contribution in [0.1, 0.15) is 100 Å². The smallest absolute Gasteiger partial charge is 0.141 e. The summed E-state index contributed by atoms with van der Waals surface area (Å²) in [6, 6.07) is 0. The Balaban J connectivity index is 0.000000433. The van der Waals surface area contributed by atoms with Gasteiger partial charge in [0.15, 0.2) is 0 Å². The molecular weight excluding hydrogens is 284 g/mol. The molecule has 1 aliphatic rings. The third kappa shape index (κ3) is 9.27. The van der Waals surface area contributed by atoms with Gasteiger partial charge in [-0.05, 0) is 24.7 Å². The molecule has 1 fully saturated rings. The molecule has 0 bridgehead atoms. The summed E-state index contributed by atoms with van der Waals surface area (Å²) in [4.78, 5) is 22.8. The van der Waals surface area contributed by atoms with Crippen LogP contribution >= 0.6 is 0 Å². The molecule has 2 heteroatoms. The number of rotatable bonds is 4. The van der Waals surface area contributed by atoms with E-state index >= 15 is 0 Å². The maximum absolute atomic E-state index is 12.0. The highest BCUT2D eigenvalue weighted by molar-refractivity contribution is 5.86. The molecule has 0 spiro atoms. The first kappa shape index (κ1) is 22.3. The summed E-state index contributed by atoms with van der Waals surface area (Å²) in [6.07, 6.45) is 8.43. The highest BCUT2D eigenvalue weighted by atomic mass is 16.1. The third-order valence-electron chi connectivity index (χ3n) is 4.81. The Kier molecular flexibility index (Phi) is 9.32. The monoisotopic (exact) mass is 324 g/mol. The molecule has 0 aromatic rings. The van der Waals surface area contributed by atoms with Gasteiger partial charge in [0.05, 0.1) is 0 Å². The van der Waals surface area contributed by atoms with Gasteiger partial charge in [-0.25, -0.2) is 0 Å². The van der Waals surface area contributed by atoms with Gasteiger partial charge < -0.3 is 4.79 Å². The first-order chi connectivity index (χ1) is 10.4. The summed E-state index contributed by atoms with van der Waals surface area (Å²) < 4.78 is 0. The van der Waals surface area contributed by atoms with Crippen LogP contribution in [0, 0.1) is 22.7 Å². The molecule has 1 rings (SSSR count). The molecule has 0 aromatic carbocycles. The first-order valence-electron chi connectivity index (χ1n) is 9.43. The van der Waals surface area contributed by atoms with Gasteiger partial charge in [0.1, 0.15) is 11.6 Å². The largest absolute Gasteiger partial charge is 0.300 e. The van der Waals surface area contributed by atoms with E-state index in [9.17, 15) is 9.59 Å². The van der Waals surface area contributed by atoms with E-state index in [4.69, 9.17) is 0 Å². The van der Waals surface area contributed by atoms with Gasteiger partial charge in [-0.1, -0.05) is 80.6 Å². The van der Waals surface area contributed by atoms with Gasteiger partial charge in [0.2, 0.25) is 0 Å². The fraction of sp³-hybridized carbons (Fsp3) is 0.905. The van der Waals surface area contributed by atoms with Crippen molar-refractivity contribution < 1.29 is 9.59 Å². The van der Waals surface area contributed by atoms with Gasteiger partial charge in [-0.15, -0.1) is 0 Å². The molecule has 0 amide bonds. The molecule has 1 aliphatic carbocycles. The number of carbonyl (C=O) groups excluding carboxylic acids is 2. The zero-order valence-electron chi connectivity index (χ0n) is 16.9. The van der Waals surface area contributed by atoms with Crippen molar-refractivity contribution in [2.75, 3.05) is 0 Å². The van der Waals surface area contributed by atoms with E-state index in [1.165, 1.54) is 32.1 Å². The molecule has 1 saturated carbocycles. The van der Waals surface area contributed by atoms with Crippen LogP contribution < -0.4 is 0 Å². The Hall–Kier alpha value is -0.660. The molecule has 2 nitrogen and oxygen atoms in total. The van der Waals surface area contributed by atoms with Gasteiger partial charge in [0.25, 0.3) is 0 Å². The topological polar surface area (TPSA) is 34.1 Å². The zero-order chi connectivity index (χ0) is 18.3. The second kappa shape index (κ2) is 9.59. The minimum atomic E-state index is -0.200. The Morgan fingerprint density at radius 1 is 0.957 bits per heavy atom. The van der Waals surface area contributed by atoms with Gasteiger partial charge in [-0.2, -0.15) is 0 Å². The van der Waals surface area contributed by atoms with Crippen molar-refractivity contribution in [2.45, 2.75) is 100 Å². The predicted molar refractivity (Wildman–Crippen MR) is 99.6 cm³/mol. The van der Waals surface area contributed by atoms with Crippen molar-refractivity contribution >= 4 is 11.6 Å². The average Bonchev–Trinajstić information content (AvgIpc) is 2.37. The second-order valence-electron chi connectivity index (χ2n) is 9.35. The molecule has 0 aliphatic heterocycles. The van der Waals surface area contributed by atoms with Crippen LogP contribution in [-0.2, 0) is 9.59 Å². The minimum Gasteiger partial charge on any atom is -0.300 e. The summed E-state index contributed by atoms with van der Waals surface area (Å²) in [5.74, 6) is 1.67. The minimum absolute atomic E-state index is 0.0963. The summed E-state index contributed by atoms with van der Waals surface area (Å²) in [5.41, 5.74) is -0.104. The maximum atomic E-state index is 12.0.